The van der Waals surface area contributed by atoms with E-state index >= 15 is 0 Å². The minimum absolute atomic E-state index is 0.0515. The molecule has 0 bridgehead atoms. The van der Waals surface area contributed by atoms with Gasteiger partial charge in [0.2, 0.25) is 5.91 Å². The average molecular weight is 548 g/mol. The Kier molecular flexibility index (Phi) is 8.88. The normalized spacial score (nSPS) is 23.3. The Morgan fingerprint density at radius 2 is 1.77 bits per heavy atom. The number of aromatic nitrogens is 1. The molecule has 0 atom stereocenters. The summed E-state index contributed by atoms with van der Waals surface area (Å²) in [6.07, 6.45) is 10.0. The number of carbonyl (C=O) groups is 1. The number of nitrogens with zero attached hydrogens (tertiary/aromatic N) is 2. The van der Waals surface area contributed by atoms with Crippen molar-refractivity contribution in [3.05, 3.63) is 59.8 Å². The highest BCUT2D eigenvalue weighted by molar-refractivity contribution is 7.16. The minimum Gasteiger partial charge on any atom is -0.496 e. The molecule has 1 amide bonds. The first-order chi connectivity index (χ1) is 18.9. The molecule has 208 valence electrons. The van der Waals surface area contributed by atoms with Gasteiger partial charge in [0.15, 0.2) is 0 Å². The van der Waals surface area contributed by atoms with Crippen molar-refractivity contribution in [3.63, 3.8) is 0 Å². The molecule has 0 radical (unpaired) electrons. The van der Waals surface area contributed by atoms with E-state index in [1.165, 1.54) is 22.5 Å². The minimum atomic E-state index is 0.0515. The quantitative estimate of drug-likeness (QED) is 0.330. The van der Waals surface area contributed by atoms with Crippen LogP contribution in [0.25, 0.3) is 10.4 Å². The van der Waals surface area contributed by atoms with Crippen LogP contribution in [0.3, 0.4) is 0 Å². The Morgan fingerprint density at radius 3 is 2.44 bits per heavy atom. The summed E-state index contributed by atoms with van der Waals surface area (Å²) in [7, 11) is 3.37. The molecule has 39 heavy (non-hydrogen) atoms. The lowest BCUT2D eigenvalue weighted by atomic mass is 9.78. The van der Waals surface area contributed by atoms with Gasteiger partial charge >= 0.3 is 0 Å². The van der Waals surface area contributed by atoms with E-state index in [-0.39, 0.29) is 17.9 Å². The Morgan fingerprint density at radius 1 is 1.00 bits per heavy atom. The van der Waals surface area contributed by atoms with E-state index in [0.29, 0.717) is 17.0 Å². The molecule has 2 aliphatic carbocycles. The highest BCUT2D eigenvalue weighted by Gasteiger charge is 2.32. The second-order valence-corrected chi connectivity index (χ2v) is 12.2. The van der Waals surface area contributed by atoms with E-state index in [4.69, 9.17) is 15.2 Å². The number of carbonyl (C=O) groups excluding carboxylic acids is 1. The number of amides is 1. The molecule has 2 aliphatic rings. The van der Waals surface area contributed by atoms with Crippen LogP contribution in [0.4, 0.5) is 5.69 Å². The maximum absolute atomic E-state index is 14.0. The van der Waals surface area contributed by atoms with Crippen LogP contribution in [0, 0.1) is 18.8 Å². The summed E-state index contributed by atoms with van der Waals surface area (Å²) < 4.78 is 10.8. The summed E-state index contributed by atoms with van der Waals surface area (Å²) in [6, 6.07) is 15.2. The summed E-state index contributed by atoms with van der Waals surface area (Å²) >= 11 is 1.52. The molecule has 2 saturated carbocycles. The molecule has 2 N–H and O–H groups in total. The van der Waals surface area contributed by atoms with E-state index in [0.717, 1.165) is 79.8 Å². The Balaban J connectivity index is 1.33. The maximum Gasteiger partial charge on any atom is 0.273 e. The molecule has 3 aromatic rings. The lowest BCUT2D eigenvalue weighted by Crippen LogP contribution is -2.42. The zero-order valence-electron chi connectivity index (χ0n) is 23.4. The first kappa shape index (κ1) is 27.7. The summed E-state index contributed by atoms with van der Waals surface area (Å²) in [6.45, 7) is 2.89. The van der Waals surface area contributed by atoms with Crippen molar-refractivity contribution in [1.82, 2.24) is 4.98 Å². The maximum atomic E-state index is 14.0. The second kappa shape index (κ2) is 12.5. The van der Waals surface area contributed by atoms with E-state index in [1.807, 2.05) is 6.20 Å². The molecule has 2 fully saturated rings. The van der Waals surface area contributed by atoms with Gasteiger partial charge in [-0.2, -0.15) is 0 Å². The molecular formula is C32H41N3O3S. The molecular weight excluding hydrogens is 506 g/mol. The number of ether oxygens (including phenoxy) is 2. The molecule has 0 aliphatic heterocycles. The van der Waals surface area contributed by atoms with Crippen LogP contribution in [0.5, 0.6) is 10.9 Å². The monoisotopic (exact) mass is 547 g/mol. The third-order valence-electron chi connectivity index (χ3n) is 8.67. The van der Waals surface area contributed by atoms with Crippen LogP contribution in [-0.4, -0.2) is 37.7 Å². The zero-order chi connectivity index (χ0) is 27.4. The van der Waals surface area contributed by atoms with Gasteiger partial charge in [-0.3, -0.25) is 4.79 Å². The number of aryl methyl sites for hydroxylation is 1. The Labute approximate surface area is 236 Å². The van der Waals surface area contributed by atoms with Gasteiger partial charge in [-0.15, -0.1) is 0 Å². The molecule has 5 rings (SSSR count). The van der Waals surface area contributed by atoms with Crippen LogP contribution in [-0.2, 0) is 4.79 Å². The predicted molar refractivity (Wildman–Crippen MR) is 159 cm³/mol. The van der Waals surface area contributed by atoms with Gasteiger partial charge in [-0.05, 0) is 105 Å². The number of benzene rings is 2. The van der Waals surface area contributed by atoms with E-state index < -0.39 is 0 Å². The van der Waals surface area contributed by atoms with Crippen molar-refractivity contribution < 1.29 is 14.3 Å². The molecule has 1 aromatic heterocycles. The lowest BCUT2D eigenvalue weighted by molar-refractivity contribution is -0.123. The van der Waals surface area contributed by atoms with Gasteiger partial charge in [-0.25, -0.2) is 4.98 Å². The van der Waals surface area contributed by atoms with Gasteiger partial charge in [0, 0.05) is 30.4 Å². The second-order valence-electron chi connectivity index (χ2n) is 11.3. The van der Waals surface area contributed by atoms with Crippen molar-refractivity contribution in [1.29, 1.82) is 0 Å². The van der Waals surface area contributed by atoms with Crippen molar-refractivity contribution >= 4 is 22.9 Å². The first-order valence-electron chi connectivity index (χ1n) is 14.3. The van der Waals surface area contributed by atoms with E-state index in [1.54, 1.807) is 14.2 Å². The van der Waals surface area contributed by atoms with Crippen molar-refractivity contribution in [2.75, 3.05) is 25.7 Å². The number of anilines is 1. The Hall–Kier alpha value is -2.90. The highest BCUT2D eigenvalue weighted by atomic mass is 32.1. The summed E-state index contributed by atoms with van der Waals surface area (Å²) in [5.74, 6) is 2.32. The third kappa shape index (κ3) is 6.47. The van der Waals surface area contributed by atoms with Crippen molar-refractivity contribution in [2.24, 2.45) is 17.6 Å². The number of rotatable bonds is 8. The van der Waals surface area contributed by atoms with Crippen LogP contribution < -0.4 is 20.1 Å². The van der Waals surface area contributed by atoms with Crippen molar-refractivity contribution in [3.8, 4) is 21.4 Å². The number of methoxy groups -OCH3 is 2. The fourth-order valence-corrected chi connectivity index (χ4v) is 7.04. The third-order valence-corrected chi connectivity index (χ3v) is 9.67. The van der Waals surface area contributed by atoms with Crippen LogP contribution >= 0.6 is 11.3 Å². The fraction of sp³-hybridized carbons (Fsp3) is 0.500. The topological polar surface area (TPSA) is 77.7 Å². The van der Waals surface area contributed by atoms with E-state index in [9.17, 15) is 4.79 Å². The summed E-state index contributed by atoms with van der Waals surface area (Å²) in [5.41, 5.74) is 10.8. The SMILES string of the molecule is COc1ncc(-c2cccc(N(C[C@H]3CC[C@H](c4ccc(OC)c(C)c4)CC3)C(=O)[C@H]3CC[C@H](N)CC3)c2)s1. The van der Waals surface area contributed by atoms with Gasteiger partial charge in [-0.1, -0.05) is 35.6 Å². The molecule has 6 nitrogen and oxygen atoms in total. The molecule has 0 saturated heterocycles. The van der Waals surface area contributed by atoms with Crippen LogP contribution in [0.1, 0.15) is 68.4 Å². The smallest absolute Gasteiger partial charge is 0.273 e. The van der Waals surface area contributed by atoms with Gasteiger partial charge in [0.25, 0.3) is 5.19 Å². The largest absolute Gasteiger partial charge is 0.496 e. The molecule has 0 spiro atoms. The lowest BCUT2D eigenvalue weighted by Gasteiger charge is -2.36. The first-order valence-corrected chi connectivity index (χ1v) is 15.1. The molecule has 1 heterocycles. The predicted octanol–water partition coefficient (Wildman–Crippen LogP) is 6.96. The Bertz CT molecular complexity index is 1260. The van der Waals surface area contributed by atoms with Gasteiger partial charge < -0.3 is 20.1 Å². The number of hydrogen-bond donors (Lipinski definition) is 1. The average Bonchev–Trinajstić information content (AvgIpc) is 3.46. The molecule has 0 unspecified atom stereocenters. The standard InChI is InChI=1S/C32H41N3O3S/c1-21-17-25(13-16-29(21)37-2)23-9-7-22(8-10-23)20-35(31(36)24-11-14-27(33)15-12-24)28-6-4-5-26(18-28)30-19-34-32(38-3)39-30/h4-6,13,16-19,22-24,27H,7-12,14-15,20,33H2,1-3H3/t22-,23-,24-,27-. The number of thiazole rings is 1. The van der Waals surface area contributed by atoms with Crippen LogP contribution in [0.2, 0.25) is 0 Å². The number of hydrogen-bond acceptors (Lipinski definition) is 6. The highest BCUT2D eigenvalue weighted by Crippen LogP contribution is 2.39. The molecule has 7 heteroatoms. The van der Waals surface area contributed by atoms with Crippen molar-refractivity contribution in [2.45, 2.75) is 70.3 Å². The summed E-state index contributed by atoms with van der Waals surface area (Å²) in [5, 5.41) is 0.644. The van der Waals surface area contributed by atoms with Crippen LogP contribution in [0.15, 0.2) is 48.7 Å². The van der Waals surface area contributed by atoms with Gasteiger partial charge in [0.1, 0.15) is 5.75 Å². The fourth-order valence-electron chi connectivity index (χ4n) is 6.31. The van der Waals surface area contributed by atoms with E-state index in [2.05, 4.69) is 59.3 Å². The van der Waals surface area contributed by atoms with Gasteiger partial charge in [0.05, 0.1) is 19.1 Å². The zero-order valence-corrected chi connectivity index (χ0v) is 24.2. The summed E-state index contributed by atoms with van der Waals surface area (Å²) in [4.78, 5) is 21.5. The molecule has 2 aromatic carbocycles. The number of nitrogens with two attached hydrogens (primary N) is 1.